The highest BCUT2D eigenvalue weighted by atomic mass is 35.5. The van der Waals surface area contributed by atoms with Gasteiger partial charge in [-0.05, 0) is 19.4 Å². The van der Waals surface area contributed by atoms with Crippen LogP contribution in [0.2, 0.25) is 0 Å². The first-order valence-corrected chi connectivity index (χ1v) is 10.8. The second kappa shape index (κ2) is 18.5. The average Bonchev–Trinajstić information content (AvgIpc) is 3.13. The van der Waals surface area contributed by atoms with Crippen LogP contribution in [0.25, 0.3) is 0 Å². The minimum Gasteiger partial charge on any atom is -0.356 e. The van der Waals surface area contributed by atoms with E-state index in [1.807, 2.05) is 0 Å². The van der Waals surface area contributed by atoms with Crippen molar-refractivity contribution >= 4 is 18.3 Å². The molecule has 1 rings (SSSR count). The Morgan fingerprint density at radius 1 is 0.840 bits per heavy atom. The van der Waals surface area contributed by atoms with Gasteiger partial charge in [-0.3, -0.25) is 4.79 Å². The Morgan fingerprint density at radius 2 is 1.32 bits per heavy atom. The highest BCUT2D eigenvalue weighted by Gasteiger charge is 2.21. The highest BCUT2D eigenvalue weighted by molar-refractivity contribution is 5.85. The first kappa shape index (κ1) is 24.7. The molecule has 0 saturated carbocycles. The SMILES string of the molecule is CCCCCCCCCCCCCCCCNC(=O)C1CCNC1.Cl. The van der Waals surface area contributed by atoms with Crippen molar-refractivity contribution < 1.29 is 4.79 Å². The van der Waals surface area contributed by atoms with E-state index in [2.05, 4.69) is 17.6 Å². The van der Waals surface area contributed by atoms with Crippen LogP contribution in [0, 0.1) is 5.92 Å². The van der Waals surface area contributed by atoms with Gasteiger partial charge in [0.05, 0.1) is 5.92 Å². The molecular formula is C21H43ClN2O. The van der Waals surface area contributed by atoms with E-state index in [1.54, 1.807) is 0 Å². The molecule has 0 radical (unpaired) electrons. The van der Waals surface area contributed by atoms with E-state index in [0.29, 0.717) is 0 Å². The largest absolute Gasteiger partial charge is 0.356 e. The number of amides is 1. The number of carbonyl (C=O) groups excluding carboxylic acids is 1. The van der Waals surface area contributed by atoms with Gasteiger partial charge in [0.15, 0.2) is 0 Å². The molecule has 0 aromatic rings. The lowest BCUT2D eigenvalue weighted by Crippen LogP contribution is -2.32. The summed E-state index contributed by atoms with van der Waals surface area (Å²) in [5.74, 6) is 0.478. The molecule has 0 aliphatic carbocycles. The Labute approximate surface area is 162 Å². The van der Waals surface area contributed by atoms with Crippen molar-refractivity contribution in [1.82, 2.24) is 10.6 Å². The van der Waals surface area contributed by atoms with Crippen LogP contribution in [0.1, 0.15) is 103 Å². The predicted octanol–water partition coefficient (Wildman–Crippen LogP) is 5.62. The molecular weight excluding hydrogens is 332 g/mol. The number of hydrogen-bond donors (Lipinski definition) is 2. The molecule has 1 heterocycles. The second-order valence-corrected chi connectivity index (χ2v) is 7.58. The number of hydrogen-bond acceptors (Lipinski definition) is 2. The van der Waals surface area contributed by atoms with Crippen LogP contribution in [0.15, 0.2) is 0 Å². The van der Waals surface area contributed by atoms with Crippen LogP contribution in [-0.2, 0) is 4.79 Å². The monoisotopic (exact) mass is 374 g/mol. The second-order valence-electron chi connectivity index (χ2n) is 7.58. The summed E-state index contributed by atoms with van der Waals surface area (Å²) in [6.45, 7) is 5.01. The molecule has 150 valence electrons. The predicted molar refractivity (Wildman–Crippen MR) is 112 cm³/mol. The summed E-state index contributed by atoms with van der Waals surface area (Å²) < 4.78 is 0. The topological polar surface area (TPSA) is 41.1 Å². The fourth-order valence-corrected chi connectivity index (χ4v) is 3.55. The zero-order valence-electron chi connectivity index (χ0n) is 16.6. The summed E-state index contributed by atoms with van der Waals surface area (Å²) in [6, 6.07) is 0. The summed E-state index contributed by atoms with van der Waals surface area (Å²) in [4.78, 5) is 11.8. The van der Waals surface area contributed by atoms with Gasteiger partial charge < -0.3 is 10.6 Å². The van der Waals surface area contributed by atoms with Gasteiger partial charge in [-0.25, -0.2) is 0 Å². The fourth-order valence-electron chi connectivity index (χ4n) is 3.55. The van der Waals surface area contributed by atoms with E-state index in [4.69, 9.17) is 0 Å². The molecule has 1 amide bonds. The van der Waals surface area contributed by atoms with Crippen LogP contribution in [0.4, 0.5) is 0 Å². The maximum atomic E-state index is 11.8. The first-order valence-electron chi connectivity index (χ1n) is 10.8. The van der Waals surface area contributed by atoms with E-state index in [0.717, 1.165) is 32.5 Å². The lowest BCUT2D eigenvalue weighted by molar-refractivity contribution is -0.124. The maximum absolute atomic E-state index is 11.8. The molecule has 0 aromatic carbocycles. The number of carbonyl (C=O) groups is 1. The van der Waals surface area contributed by atoms with E-state index in [-0.39, 0.29) is 24.2 Å². The number of nitrogens with one attached hydrogen (secondary N) is 2. The van der Waals surface area contributed by atoms with Gasteiger partial charge in [0, 0.05) is 13.1 Å². The molecule has 0 spiro atoms. The van der Waals surface area contributed by atoms with Crippen molar-refractivity contribution in [3.05, 3.63) is 0 Å². The molecule has 25 heavy (non-hydrogen) atoms. The van der Waals surface area contributed by atoms with Gasteiger partial charge in [-0.2, -0.15) is 0 Å². The van der Waals surface area contributed by atoms with E-state index in [1.165, 1.54) is 83.5 Å². The minimum atomic E-state index is 0. The van der Waals surface area contributed by atoms with Crippen LogP contribution in [0.3, 0.4) is 0 Å². The van der Waals surface area contributed by atoms with Gasteiger partial charge >= 0.3 is 0 Å². The Hall–Kier alpha value is -0.280. The molecule has 1 aliphatic heterocycles. The molecule has 0 bridgehead atoms. The van der Waals surface area contributed by atoms with E-state index in [9.17, 15) is 4.79 Å². The molecule has 2 N–H and O–H groups in total. The molecule has 1 saturated heterocycles. The van der Waals surface area contributed by atoms with Crippen molar-refractivity contribution in [3.63, 3.8) is 0 Å². The maximum Gasteiger partial charge on any atom is 0.224 e. The number of unbranched alkanes of at least 4 members (excludes halogenated alkanes) is 13. The lowest BCUT2D eigenvalue weighted by atomic mass is 10.0. The van der Waals surface area contributed by atoms with Crippen molar-refractivity contribution in [2.75, 3.05) is 19.6 Å². The van der Waals surface area contributed by atoms with Gasteiger partial charge in [0.1, 0.15) is 0 Å². The zero-order chi connectivity index (χ0) is 17.3. The standard InChI is InChI=1S/C21H42N2O.ClH/c1-2-3-4-5-6-7-8-9-10-11-12-13-14-15-17-23-21(24)20-16-18-22-19-20;/h20,22H,2-19H2,1H3,(H,23,24);1H. The van der Waals surface area contributed by atoms with Crippen LogP contribution < -0.4 is 10.6 Å². The molecule has 1 atom stereocenters. The smallest absolute Gasteiger partial charge is 0.224 e. The molecule has 1 fully saturated rings. The fraction of sp³-hybridized carbons (Fsp3) is 0.952. The first-order chi connectivity index (χ1) is 11.8. The summed E-state index contributed by atoms with van der Waals surface area (Å²) in [5.41, 5.74) is 0. The summed E-state index contributed by atoms with van der Waals surface area (Å²) in [6.07, 6.45) is 20.3. The Morgan fingerprint density at radius 3 is 1.76 bits per heavy atom. The molecule has 4 heteroatoms. The quantitative estimate of drug-likeness (QED) is 0.344. The Bertz CT molecular complexity index is 294. The molecule has 0 aromatic heterocycles. The van der Waals surface area contributed by atoms with E-state index < -0.39 is 0 Å². The normalized spacial score (nSPS) is 16.6. The Balaban J connectivity index is 0.00000576. The highest BCUT2D eigenvalue weighted by Crippen LogP contribution is 2.13. The third kappa shape index (κ3) is 14.6. The van der Waals surface area contributed by atoms with Crippen molar-refractivity contribution in [2.45, 2.75) is 103 Å². The van der Waals surface area contributed by atoms with E-state index >= 15 is 0 Å². The summed E-state index contributed by atoms with van der Waals surface area (Å²) in [5, 5.41) is 6.34. The number of halogens is 1. The third-order valence-electron chi connectivity index (χ3n) is 5.26. The van der Waals surface area contributed by atoms with Crippen molar-refractivity contribution in [2.24, 2.45) is 5.92 Å². The van der Waals surface area contributed by atoms with Gasteiger partial charge in [0.25, 0.3) is 0 Å². The molecule has 1 unspecified atom stereocenters. The van der Waals surface area contributed by atoms with Gasteiger partial charge in [0.2, 0.25) is 5.91 Å². The summed E-state index contributed by atoms with van der Waals surface area (Å²) in [7, 11) is 0. The molecule has 1 aliphatic rings. The average molecular weight is 375 g/mol. The van der Waals surface area contributed by atoms with Crippen molar-refractivity contribution in [3.8, 4) is 0 Å². The molecule has 3 nitrogen and oxygen atoms in total. The van der Waals surface area contributed by atoms with Gasteiger partial charge in [-0.15, -0.1) is 12.4 Å². The lowest BCUT2D eigenvalue weighted by Gasteiger charge is -2.09. The zero-order valence-corrected chi connectivity index (χ0v) is 17.4. The van der Waals surface area contributed by atoms with Crippen LogP contribution in [-0.4, -0.2) is 25.5 Å². The third-order valence-corrected chi connectivity index (χ3v) is 5.26. The Kier molecular flexibility index (Phi) is 18.3. The number of rotatable bonds is 16. The van der Waals surface area contributed by atoms with Crippen molar-refractivity contribution in [1.29, 1.82) is 0 Å². The van der Waals surface area contributed by atoms with Gasteiger partial charge in [-0.1, -0.05) is 90.4 Å². The van der Waals surface area contributed by atoms with Crippen LogP contribution >= 0.6 is 12.4 Å². The minimum absolute atomic E-state index is 0. The summed E-state index contributed by atoms with van der Waals surface area (Å²) >= 11 is 0. The van der Waals surface area contributed by atoms with Crippen LogP contribution in [0.5, 0.6) is 0 Å².